The number of hydrogen-bond acceptors (Lipinski definition) is 4. The van der Waals surface area contributed by atoms with Crippen LogP contribution in [0.1, 0.15) is 20.3 Å². The van der Waals surface area contributed by atoms with Crippen molar-refractivity contribution < 1.29 is 19.5 Å². The summed E-state index contributed by atoms with van der Waals surface area (Å²) in [5.41, 5.74) is 0. The van der Waals surface area contributed by atoms with E-state index in [9.17, 15) is 14.4 Å². The Morgan fingerprint density at radius 1 is 1.44 bits per heavy atom. The molecule has 0 spiro atoms. The standard InChI is InChI=1S/C11H18N2O4S/c1-4-10-13(8(6-18-10)11(16)17)9(15)5-12(3)7(2)14/h8,10H,4-6H2,1-3H3,(H,16,17). The molecule has 0 aromatic rings. The van der Waals surface area contributed by atoms with E-state index in [1.807, 2.05) is 6.92 Å². The number of carbonyl (C=O) groups excluding carboxylic acids is 2. The topological polar surface area (TPSA) is 77.9 Å². The van der Waals surface area contributed by atoms with Crippen LogP contribution in [-0.4, -0.2) is 63.5 Å². The molecule has 6 nitrogen and oxygen atoms in total. The Balaban J connectivity index is 2.78. The largest absolute Gasteiger partial charge is 0.480 e. The van der Waals surface area contributed by atoms with Gasteiger partial charge in [0.15, 0.2) is 0 Å². The van der Waals surface area contributed by atoms with Crippen LogP contribution >= 0.6 is 11.8 Å². The van der Waals surface area contributed by atoms with Crippen LogP contribution < -0.4 is 0 Å². The molecule has 102 valence electrons. The molecule has 2 amide bonds. The molecule has 2 unspecified atom stereocenters. The van der Waals surface area contributed by atoms with Crippen molar-refractivity contribution in [1.29, 1.82) is 0 Å². The first kappa shape index (κ1) is 14.8. The molecule has 1 heterocycles. The van der Waals surface area contributed by atoms with Gasteiger partial charge in [-0.2, -0.15) is 0 Å². The minimum atomic E-state index is -0.989. The minimum absolute atomic E-state index is 0.0732. The number of likely N-dealkylation sites (N-methyl/N-ethyl adjacent to an activating group) is 1. The summed E-state index contributed by atoms with van der Waals surface area (Å²) < 4.78 is 0. The number of hydrogen-bond donors (Lipinski definition) is 1. The van der Waals surface area contributed by atoms with Crippen LogP contribution in [0.15, 0.2) is 0 Å². The van der Waals surface area contributed by atoms with Gasteiger partial charge in [0.05, 0.1) is 11.9 Å². The highest BCUT2D eigenvalue weighted by Gasteiger charge is 2.40. The van der Waals surface area contributed by atoms with Crippen molar-refractivity contribution in [2.24, 2.45) is 0 Å². The zero-order chi connectivity index (χ0) is 13.9. The quantitative estimate of drug-likeness (QED) is 0.794. The van der Waals surface area contributed by atoms with Crippen LogP contribution in [0.2, 0.25) is 0 Å². The molecular weight excluding hydrogens is 256 g/mol. The van der Waals surface area contributed by atoms with Gasteiger partial charge in [0.2, 0.25) is 11.8 Å². The number of carboxylic acid groups (broad SMARTS) is 1. The van der Waals surface area contributed by atoms with E-state index in [-0.39, 0.29) is 23.7 Å². The van der Waals surface area contributed by atoms with E-state index in [1.165, 1.54) is 35.5 Å². The summed E-state index contributed by atoms with van der Waals surface area (Å²) in [4.78, 5) is 37.0. The maximum Gasteiger partial charge on any atom is 0.327 e. The second-order valence-corrected chi connectivity index (χ2v) is 5.44. The minimum Gasteiger partial charge on any atom is -0.480 e. The molecule has 0 aliphatic carbocycles. The Morgan fingerprint density at radius 3 is 2.50 bits per heavy atom. The summed E-state index contributed by atoms with van der Waals surface area (Å²) in [6.45, 7) is 3.21. The van der Waals surface area contributed by atoms with Crippen molar-refractivity contribution in [2.75, 3.05) is 19.3 Å². The van der Waals surface area contributed by atoms with Gasteiger partial charge in [-0.25, -0.2) is 4.79 Å². The molecule has 0 aromatic heterocycles. The van der Waals surface area contributed by atoms with Crippen molar-refractivity contribution in [3.05, 3.63) is 0 Å². The fourth-order valence-corrected chi connectivity index (χ4v) is 3.17. The first-order valence-electron chi connectivity index (χ1n) is 5.75. The molecule has 0 aromatic carbocycles. The lowest BCUT2D eigenvalue weighted by Gasteiger charge is -2.28. The van der Waals surface area contributed by atoms with Gasteiger partial charge < -0.3 is 14.9 Å². The van der Waals surface area contributed by atoms with Crippen molar-refractivity contribution in [2.45, 2.75) is 31.7 Å². The first-order valence-corrected chi connectivity index (χ1v) is 6.80. The van der Waals surface area contributed by atoms with E-state index in [0.717, 1.165) is 0 Å². The van der Waals surface area contributed by atoms with Gasteiger partial charge in [-0.15, -0.1) is 11.8 Å². The number of rotatable bonds is 4. The molecule has 1 aliphatic heterocycles. The molecule has 2 atom stereocenters. The van der Waals surface area contributed by atoms with Crippen LogP contribution in [0, 0.1) is 0 Å². The van der Waals surface area contributed by atoms with Crippen LogP contribution in [-0.2, 0) is 14.4 Å². The first-order chi connectivity index (χ1) is 8.38. The van der Waals surface area contributed by atoms with E-state index in [2.05, 4.69) is 0 Å². The third-order valence-corrected chi connectivity index (χ3v) is 4.38. The predicted octanol–water partition coefficient (Wildman–Crippen LogP) is 0.229. The number of thioether (sulfide) groups is 1. The maximum atomic E-state index is 12.1. The third kappa shape index (κ3) is 3.16. The molecule has 1 fully saturated rings. The van der Waals surface area contributed by atoms with E-state index < -0.39 is 12.0 Å². The van der Waals surface area contributed by atoms with Crippen molar-refractivity contribution in [1.82, 2.24) is 9.80 Å². The van der Waals surface area contributed by atoms with E-state index in [4.69, 9.17) is 5.11 Å². The summed E-state index contributed by atoms with van der Waals surface area (Å²) in [7, 11) is 1.53. The summed E-state index contributed by atoms with van der Waals surface area (Å²) >= 11 is 1.47. The van der Waals surface area contributed by atoms with Gasteiger partial charge in [0.25, 0.3) is 0 Å². The summed E-state index contributed by atoms with van der Waals surface area (Å²) in [5.74, 6) is -1.10. The lowest BCUT2D eigenvalue weighted by molar-refractivity contribution is -0.150. The average molecular weight is 274 g/mol. The molecule has 0 bridgehead atoms. The zero-order valence-electron chi connectivity index (χ0n) is 10.8. The lowest BCUT2D eigenvalue weighted by Crippen LogP contribution is -2.49. The Hall–Kier alpha value is -1.24. The number of nitrogens with zero attached hydrogens (tertiary/aromatic N) is 2. The molecule has 1 saturated heterocycles. The van der Waals surface area contributed by atoms with Gasteiger partial charge in [-0.1, -0.05) is 6.92 Å². The molecule has 0 saturated carbocycles. The van der Waals surface area contributed by atoms with Gasteiger partial charge in [-0.05, 0) is 6.42 Å². The normalized spacial score (nSPS) is 22.9. The van der Waals surface area contributed by atoms with Crippen LogP contribution in [0.25, 0.3) is 0 Å². The molecule has 1 aliphatic rings. The Labute approximate surface area is 110 Å². The third-order valence-electron chi connectivity index (χ3n) is 2.92. The van der Waals surface area contributed by atoms with Crippen molar-refractivity contribution >= 4 is 29.5 Å². The van der Waals surface area contributed by atoms with E-state index in [0.29, 0.717) is 12.2 Å². The second-order valence-electron chi connectivity index (χ2n) is 4.23. The summed E-state index contributed by atoms with van der Waals surface area (Å²) in [6, 6.07) is -0.784. The highest BCUT2D eigenvalue weighted by atomic mass is 32.2. The fourth-order valence-electron chi connectivity index (χ4n) is 1.80. The Bertz CT molecular complexity index is 361. The Morgan fingerprint density at radius 2 is 2.06 bits per heavy atom. The summed E-state index contributed by atoms with van der Waals surface area (Å²) in [5, 5.41) is 8.99. The number of carbonyl (C=O) groups is 3. The van der Waals surface area contributed by atoms with E-state index in [1.54, 1.807) is 0 Å². The molecule has 1 N–H and O–H groups in total. The highest BCUT2D eigenvalue weighted by molar-refractivity contribution is 8.00. The summed E-state index contributed by atoms with van der Waals surface area (Å²) in [6.07, 6.45) is 0.698. The van der Waals surface area contributed by atoms with Gasteiger partial charge in [-0.3, -0.25) is 9.59 Å². The van der Waals surface area contributed by atoms with Gasteiger partial charge in [0.1, 0.15) is 6.04 Å². The van der Waals surface area contributed by atoms with Crippen LogP contribution in [0.5, 0.6) is 0 Å². The SMILES string of the molecule is CCC1SCC(C(=O)O)N1C(=O)CN(C)C(C)=O. The number of amides is 2. The number of aliphatic carboxylic acids is 1. The van der Waals surface area contributed by atoms with E-state index >= 15 is 0 Å². The zero-order valence-corrected chi connectivity index (χ0v) is 11.6. The fraction of sp³-hybridized carbons (Fsp3) is 0.727. The molecule has 0 radical (unpaired) electrons. The average Bonchev–Trinajstić information content (AvgIpc) is 2.72. The molecule has 1 rings (SSSR count). The molecular formula is C11H18N2O4S. The lowest BCUT2D eigenvalue weighted by atomic mass is 10.2. The van der Waals surface area contributed by atoms with Gasteiger partial charge in [0, 0.05) is 19.7 Å². The van der Waals surface area contributed by atoms with Crippen LogP contribution in [0.4, 0.5) is 0 Å². The van der Waals surface area contributed by atoms with Crippen molar-refractivity contribution in [3.8, 4) is 0 Å². The smallest absolute Gasteiger partial charge is 0.327 e. The van der Waals surface area contributed by atoms with Crippen LogP contribution in [0.3, 0.4) is 0 Å². The monoisotopic (exact) mass is 274 g/mol. The molecule has 7 heteroatoms. The maximum absolute atomic E-state index is 12.1. The highest BCUT2D eigenvalue weighted by Crippen LogP contribution is 2.31. The second kappa shape index (κ2) is 6.08. The van der Waals surface area contributed by atoms with Gasteiger partial charge >= 0.3 is 5.97 Å². The van der Waals surface area contributed by atoms with Crippen molar-refractivity contribution in [3.63, 3.8) is 0 Å². The predicted molar refractivity (Wildman–Crippen MR) is 68.1 cm³/mol. The number of carboxylic acids is 1. The Kier molecular flexibility index (Phi) is 5.01. The molecule has 18 heavy (non-hydrogen) atoms.